The third-order valence-corrected chi connectivity index (χ3v) is 11.2. The Hall–Kier alpha value is -1.69. The van der Waals surface area contributed by atoms with Crippen molar-refractivity contribution in [2.24, 2.45) is 29.6 Å². The summed E-state index contributed by atoms with van der Waals surface area (Å²) in [5, 5.41) is 1.67. The number of nitrogens with one attached hydrogen (secondary N) is 1. The van der Waals surface area contributed by atoms with Gasteiger partial charge in [0.2, 0.25) is 15.9 Å². The highest BCUT2D eigenvalue weighted by Gasteiger charge is 2.59. The number of carbonyl (C=O) groups excluding carboxylic acids is 1. The summed E-state index contributed by atoms with van der Waals surface area (Å²) in [6.45, 7) is 6.45. The fourth-order valence-electron chi connectivity index (χ4n) is 7.58. The van der Waals surface area contributed by atoms with Crippen LogP contribution < -0.4 is 5.43 Å². The van der Waals surface area contributed by atoms with E-state index in [0.29, 0.717) is 52.0 Å². The Labute approximate surface area is 230 Å². The summed E-state index contributed by atoms with van der Waals surface area (Å²) in [6.07, 6.45) is -0.876. The van der Waals surface area contributed by atoms with E-state index in [2.05, 4.69) is 19.3 Å². The lowest BCUT2D eigenvalue weighted by Crippen LogP contribution is -2.53. The van der Waals surface area contributed by atoms with Gasteiger partial charge in [0.15, 0.2) is 0 Å². The Bertz CT molecular complexity index is 1100. The van der Waals surface area contributed by atoms with E-state index < -0.39 is 34.2 Å². The maximum atomic E-state index is 14.2. The van der Waals surface area contributed by atoms with Crippen molar-refractivity contribution >= 4 is 15.9 Å². The molecule has 4 heterocycles. The molecule has 4 saturated heterocycles. The van der Waals surface area contributed by atoms with E-state index in [1.807, 2.05) is 30.3 Å². The summed E-state index contributed by atoms with van der Waals surface area (Å²) in [6, 6.07) is 6.76. The molecule has 11 heteroatoms. The highest BCUT2D eigenvalue weighted by Crippen LogP contribution is 2.44. The fourth-order valence-corrected chi connectivity index (χ4v) is 9.14. The van der Waals surface area contributed by atoms with Gasteiger partial charge in [-0.1, -0.05) is 44.2 Å². The quantitative estimate of drug-likeness (QED) is 0.582. The Morgan fingerprint density at radius 3 is 2.18 bits per heavy atom. The number of hydrogen-bond acceptors (Lipinski definition) is 5. The molecule has 1 aromatic carbocycles. The van der Waals surface area contributed by atoms with Crippen LogP contribution in [-0.2, 0) is 20.6 Å². The van der Waals surface area contributed by atoms with Gasteiger partial charge in [0.05, 0.1) is 11.7 Å². The molecule has 0 aliphatic carbocycles. The Balaban J connectivity index is 1.25. The lowest BCUT2D eigenvalue weighted by Gasteiger charge is -2.43. The van der Waals surface area contributed by atoms with Gasteiger partial charge in [0, 0.05) is 38.8 Å². The largest absolute Gasteiger partial charge is 0.406 e. The molecule has 1 amide bonds. The SMILES string of the molecule is CC1CC(C)CN(C(=O)C2C3CC(C4CCN(S(=O)(=O)Cc5ccccc5)CC4)CCN3NC2C(F)(F)F)C1. The standard InChI is InChI=1S/C28H41F3N4O3S/c1-19-14-20(2)17-33(16-19)27(36)25-24-15-23(10-13-35(24)32-26(25)28(29,30)31)22-8-11-34(12-9-22)39(37,38)18-21-6-4-3-5-7-21/h3-7,19-20,22-26,32H,8-18H2,1-2H3. The van der Waals surface area contributed by atoms with E-state index in [1.54, 1.807) is 14.2 Å². The fraction of sp³-hybridized carbons (Fsp3) is 0.750. The van der Waals surface area contributed by atoms with Crippen molar-refractivity contribution in [3.63, 3.8) is 0 Å². The minimum absolute atomic E-state index is 0.0268. The van der Waals surface area contributed by atoms with E-state index >= 15 is 0 Å². The third-order valence-electron chi connectivity index (χ3n) is 9.33. The molecule has 4 aliphatic rings. The van der Waals surface area contributed by atoms with Gasteiger partial charge in [-0.3, -0.25) is 4.79 Å². The second-order valence-electron chi connectivity index (χ2n) is 12.4. The normalized spacial score (nSPS) is 33.7. The van der Waals surface area contributed by atoms with Crippen LogP contribution in [0.1, 0.15) is 51.5 Å². The third kappa shape index (κ3) is 6.31. The van der Waals surface area contributed by atoms with Gasteiger partial charge in [-0.25, -0.2) is 23.2 Å². The molecule has 0 radical (unpaired) electrons. The number of hydrazine groups is 1. The van der Waals surface area contributed by atoms with E-state index in [4.69, 9.17) is 0 Å². The highest BCUT2D eigenvalue weighted by molar-refractivity contribution is 7.88. The minimum Gasteiger partial charge on any atom is -0.342 e. The first-order valence-corrected chi connectivity index (χ1v) is 15.9. The molecule has 39 heavy (non-hydrogen) atoms. The molecular formula is C28H41F3N4O3S. The molecule has 0 spiro atoms. The van der Waals surface area contributed by atoms with Crippen LogP contribution in [0.25, 0.3) is 0 Å². The lowest BCUT2D eigenvalue weighted by atomic mass is 9.74. The van der Waals surface area contributed by atoms with Gasteiger partial charge >= 0.3 is 6.18 Å². The number of likely N-dealkylation sites (tertiary alicyclic amines) is 1. The summed E-state index contributed by atoms with van der Waals surface area (Å²) in [4.78, 5) is 15.3. The van der Waals surface area contributed by atoms with Crippen LogP contribution >= 0.6 is 0 Å². The number of sulfonamides is 1. The zero-order valence-electron chi connectivity index (χ0n) is 22.8. The molecule has 6 atom stereocenters. The van der Waals surface area contributed by atoms with Crippen molar-refractivity contribution < 1.29 is 26.4 Å². The topological polar surface area (TPSA) is 73.0 Å². The molecule has 6 unspecified atom stereocenters. The van der Waals surface area contributed by atoms with E-state index in [0.717, 1.165) is 18.4 Å². The monoisotopic (exact) mass is 570 g/mol. The zero-order chi connectivity index (χ0) is 27.9. The number of rotatable bonds is 5. The minimum atomic E-state index is -4.52. The second-order valence-corrected chi connectivity index (χ2v) is 14.4. The Morgan fingerprint density at radius 2 is 1.56 bits per heavy atom. The van der Waals surface area contributed by atoms with Gasteiger partial charge in [0.25, 0.3) is 0 Å². The lowest BCUT2D eigenvalue weighted by molar-refractivity contribution is -0.173. The number of piperidine rings is 3. The van der Waals surface area contributed by atoms with Crippen molar-refractivity contribution in [2.45, 2.75) is 70.0 Å². The maximum Gasteiger partial charge on any atom is 0.406 e. The predicted octanol–water partition coefficient (Wildman–Crippen LogP) is 3.88. The van der Waals surface area contributed by atoms with Crippen molar-refractivity contribution in [1.29, 1.82) is 0 Å². The van der Waals surface area contributed by atoms with Gasteiger partial charge in [-0.2, -0.15) is 13.2 Å². The molecule has 0 aromatic heterocycles. The molecule has 1 N–H and O–H groups in total. The highest BCUT2D eigenvalue weighted by atomic mass is 32.2. The number of carbonyl (C=O) groups is 1. The number of hydrogen-bond donors (Lipinski definition) is 1. The van der Waals surface area contributed by atoms with E-state index in [9.17, 15) is 26.4 Å². The zero-order valence-corrected chi connectivity index (χ0v) is 23.6. The van der Waals surface area contributed by atoms with Crippen molar-refractivity contribution in [3.8, 4) is 0 Å². The Kier molecular flexibility index (Phi) is 8.35. The van der Waals surface area contributed by atoms with Gasteiger partial charge in [0.1, 0.15) is 6.04 Å². The number of amides is 1. The number of fused-ring (bicyclic) bond motifs is 1. The average molecular weight is 571 g/mol. The molecule has 0 saturated carbocycles. The van der Waals surface area contributed by atoms with Crippen molar-refractivity contribution in [2.75, 3.05) is 32.7 Å². The molecule has 1 aromatic rings. The van der Waals surface area contributed by atoms with Crippen LogP contribution in [0.4, 0.5) is 13.2 Å². The van der Waals surface area contributed by atoms with Crippen LogP contribution in [0.5, 0.6) is 0 Å². The average Bonchev–Trinajstić information content (AvgIpc) is 3.28. The molecular weight excluding hydrogens is 529 g/mol. The molecule has 4 fully saturated rings. The maximum absolute atomic E-state index is 14.2. The predicted molar refractivity (Wildman–Crippen MR) is 143 cm³/mol. The summed E-state index contributed by atoms with van der Waals surface area (Å²) < 4.78 is 70.1. The molecule has 5 rings (SSSR count). The van der Waals surface area contributed by atoms with Crippen LogP contribution in [0, 0.1) is 29.6 Å². The van der Waals surface area contributed by atoms with Gasteiger partial charge < -0.3 is 4.90 Å². The summed E-state index contributed by atoms with van der Waals surface area (Å²) >= 11 is 0. The number of nitrogens with zero attached hydrogens (tertiary/aromatic N) is 3. The van der Waals surface area contributed by atoms with Crippen molar-refractivity contribution in [1.82, 2.24) is 19.6 Å². The van der Waals surface area contributed by atoms with Crippen LogP contribution in [-0.4, -0.2) is 79.5 Å². The smallest absolute Gasteiger partial charge is 0.342 e. The van der Waals surface area contributed by atoms with Crippen LogP contribution in [0.15, 0.2) is 30.3 Å². The molecule has 218 valence electrons. The molecule has 0 bridgehead atoms. The second kappa shape index (κ2) is 11.3. The first-order valence-electron chi connectivity index (χ1n) is 14.3. The number of halogens is 3. The summed E-state index contributed by atoms with van der Waals surface area (Å²) in [7, 11) is -3.43. The van der Waals surface area contributed by atoms with E-state index in [-0.39, 0.29) is 35.3 Å². The molecule has 7 nitrogen and oxygen atoms in total. The summed E-state index contributed by atoms with van der Waals surface area (Å²) in [5.41, 5.74) is 3.43. The van der Waals surface area contributed by atoms with Gasteiger partial charge in [-0.05, 0) is 61.3 Å². The van der Waals surface area contributed by atoms with Gasteiger partial charge in [-0.15, -0.1) is 0 Å². The van der Waals surface area contributed by atoms with E-state index in [1.165, 1.54) is 0 Å². The first-order chi connectivity index (χ1) is 18.4. The Morgan fingerprint density at radius 1 is 0.949 bits per heavy atom. The summed E-state index contributed by atoms with van der Waals surface area (Å²) in [5.74, 6) is -0.597. The van der Waals surface area contributed by atoms with Crippen LogP contribution in [0.2, 0.25) is 0 Å². The van der Waals surface area contributed by atoms with Crippen molar-refractivity contribution in [3.05, 3.63) is 35.9 Å². The van der Waals surface area contributed by atoms with Crippen LogP contribution in [0.3, 0.4) is 0 Å². The number of alkyl halides is 3. The molecule has 4 aliphatic heterocycles. The first kappa shape index (κ1) is 28.8. The number of benzene rings is 1.